The molecule has 0 spiro atoms. The first-order chi connectivity index (χ1) is 9.52. The minimum Gasteiger partial charge on any atom is -0.496 e. The number of hydrogen-bond donors (Lipinski definition) is 1. The second-order valence-electron chi connectivity index (χ2n) is 5.24. The van der Waals surface area contributed by atoms with E-state index in [4.69, 9.17) is 9.47 Å². The summed E-state index contributed by atoms with van der Waals surface area (Å²) in [6.07, 6.45) is 3.27. The highest BCUT2D eigenvalue weighted by molar-refractivity contribution is 9.10. The highest BCUT2D eigenvalue weighted by Crippen LogP contribution is 2.25. The van der Waals surface area contributed by atoms with Gasteiger partial charge in [-0.25, -0.2) is 0 Å². The van der Waals surface area contributed by atoms with Crippen molar-refractivity contribution >= 4 is 27.9 Å². The van der Waals surface area contributed by atoms with Crippen LogP contribution in [-0.2, 0) is 9.53 Å². The summed E-state index contributed by atoms with van der Waals surface area (Å²) >= 11 is 3.40. The number of ether oxygens (including phenoxy) is 2. The van der Waals surface area contributed by atoms with Gasteiger partial charge in [-0.2, -0.15) is 0 Å². The van der Waals surface area contributed by atoms with Gasteiger partial charge < -0.3 is 14.8 Å². The Balaban J connectivity index is 1.94. The third kappa shape index (κ3) is 3.84. The Morgan fingerprint density at radius 2 is 2.30 bits per heavy atom. The van der Waals surface area contributed by atoms with Crippen molar-refractivity contribution in [3.8, 4) is 5.75 Å². The van der Waals surface area contributed by atoms with Crippen LogP contribution in [0, 0.1) is 5.41 Å². The molecule has 1 amide bonds. The molecule has 1 aromatic rings. The van der Waals surface area contributed by atoms with Crippen LogP contribution < -0.4 is 10.1 Å². The predicted octanol–water partition coefficient (Wildman–Crippen LogP) is 2.62. The van der Waals surface area contributed by atoms with Crippen LogP contribution in [0.15, 0.2) is 28.7 Å². The van der Waals surface area contributed by atoms with E-state index in [1.807, 2.05) is 18.2 Å². The van der Waals surface area contributed by atoms with Gasteiger partial charge in [0.15, 0.2) is 0 Å². The van der Waals surface area contributed by atoms with Crippen LogP contribution in [0.2, 0.25) is 0 Å². The van der Waals surface area contributed by atoms with Crippen LogP contribution in [0.25, 0.3) is 6.08 Å². The lowest BCUT2D eigenvalue weighted by Crippen LogP contribution is -2.48. The fraction of sp³-hybridized carbons (Fsp3) is 0.400. The van der Waals surface area contributed by atoms with E-state index in [1.165, 1.54) is 6.08 Å². The van der Waals surface area contributed by atoms with E-state index < -0.39 is 0 Å². The molecule has 0 radical (unpaired) electrons. The molecule has 20 heavy (non-hydrogen) atoms. The molecule has 0 aromatic heterocycles. The fourth-order valence-corrected chi connectivity index (χ4v) is 2.29. The van der Waals surface area contributed by atoms with Crippen molar-refractivity contribution in [3.05, 3.63) is 34.3 Å². The largest absolute Gasteiger partial charge is 0.496 e. The molecule has 0 atom stereocenters. The van der Waals surface area contributed by atoms with Gasteiger partial charge in [0, 0.05) is 28.1 Å². The molecule has 1 fully saturated rings. The molecular formula is C15H18BrNO3. The summed E-state index contributed by atoms with van der Waals surface area (Å²) in [5, 5.41) is 2.89. The summed E-state index contributed by atoms with van der Waals surface area (Å²) in [4.78, 5) is 11.8. The zero-order chi connectivity index (χ0) is 14.6. The summed E-state index contributed by atoms with van der Waals surface area (Å²) in [5.41, 5.74) is 0.937. The summed E-state index contributed by atoms with van der Waals surface area (Å²) in [7, 11) is 1.61. The maximum Gasteiger partial charge on any atom is 0.244 e. The quantitative estimate of drug-likeness (QED) is 0.839. The van der Waals surface area contributed by atoms with E-state index in [0.29, 0.717) is 19.8 Å². The van der Waals surface area contributed by atoms with E-state index in [1.54, 1.807) is 13.2 Å². The highest BCUT2D eigenvalue weighted by Gasteiger charge is 2.33. The minimum absolute atomic E-state index is 0.0803. The van der Waals surface area contributed by atoms with Gasteiger partial charge in [-0.15, -0.1) is 0 Å². The number of carbonyl (C=O) groups excluding carboxylic acids is 1. The number of nitrogens with one attached hydrogen (secondary N) is 1. The average Bonchev–Trinajstić information content (AvgIpc) is 2.41. The van der Waals surface area contributed by atoms with Crippen molar-refractivity contribution in [2.75, 3.05) is 26.9 Å². The lowest BCUT2D eigenvalue weighted by Gasteiger charge is -2.37. The molecule has 0 unspecified atom stereocenters. The first kappa shape index (κ1) is 15.1. The van der Waals surface area contributed by atoms with Crippen molar-refractivity contribution in [2.24, 2.45) is 5.41 Å². The number of hydrogen-bond acceptors (Lipinski definition) is 3. The zero-order valence-electron chi connectivity index (χ0n) is 11.6. The van der Waals surface area contributed by atoms with Gasteiger partial charge in [-0.05, 0) is 24.3 Å². The number of amides is 1. The maximum atomic E-state index is 11.8. The van der Waals surface area contributed by atoms with Crippen molar-refractivity contribution in [1.29, 1.82) is 0 Å². The first-order valence-electron chi connectivity index (χ1n) is 6.40. The van der Waals surface area contributed by atoms with Crippen LogP contribution >= 0.6 is 15.9 Å². The predicted molar refractivity (Wildman–Crippen MR) is 81.7 cm³/mol. The normalized spacial score (nSPS) is 16.8. The Morgan fingerprint density at radius 3 is 2.90 bits per heavy atom. The maximum absolute atomic E-state index is 11.8. The van der Waals surface area contributed by atoms with Gasteiger partial charge in [0.1, 0.15) is 5.75 Å². The monoisotopic (exact) mass is 339 g/mol. The van der Waals surface area contributed by atoms with Crippen LogP contribution in [0.3, 0.4) is 0 Å². The van der Waals surface area contributed by atoms with E-state index in [-0.39, 0.29) is 11.3 Å². The van der Waals surface area contributed by atoms with E-state index in [2.05, 4.69) is 28.2 Å². The van der Waals surface area contributed by atoms with Crippen LogP contribution in [0.5, 0.6) is 5.75 Å². The molecule has 108 valence electrons. The molecule has 1 aliphatic heterocycles. The fourth-order valence-electron chi connectivity index (χ4n) is 1.91. The number of methoxy groups -OCH3 is 1. The van der Waals surface area contributed by atoms with Crippen molar-refractivity contribution in [1.82, 2.24) is 5.32 Å². The number of benzene rings is 1. The summed E-state index contributed by atoms with van der Waals surface area (Å²) < 4.78 is 11.3. The molecule has 2 rings (SSSR count). The smallest absolute Gasteiger partial charge is 0.244 e. The number of rotatable bonds is 5. The van der Waals surface area contributed by atoms with Crippen LogP contribution in [0.4, 0.5) is 0 Å². The first-order valence-corrected chi connectivity index (χ1v) is 7.19. The van der Waals surface area contributed by atoms with Crippen LogP contribution in [-0.4, -0.2) is 32.8 Å². The number of carbonyl (C=O) groups is 1. The third-order valence-corrected chi connectivity index (χ3v) is 3.69. The molecule has 1 heterocycles. The Labute approximate surface area is 127 Å². The van der Waals surface area contributed by atoms with Gasteiger partial charge in [0.25, 0.3) is 0 Å². The molecular weight excluding hydrogens is 322 g/mol. The van der Waals surface area contributed by atoms with Gasteiger partial charge in [-0.1, -0.05) is 22.9 Å². The van der Waals surface area contributed by atoms with Gasteiger partial charge in [0.2, 0.25) is 5.91 Å². The Hall–Kier alpha value is -1.33. The Bertz CT molecular complexity index is 524. The Kier molecular flexibility index (Phi) is 4.83. The molecule has 5 heteroatoms. The molecule has 0 saturated carbocycles. The zero-order valence-corrected chi connectivity index (χ0v) is 13.2. The van der Waals surface area contributed by atoms with Gasteiger partial charge in [-0.3, -0.25) is 4.79 Å². The molecule has 4 nitrogen and oxygen atoms in total. The molecule has 0 aliphatic carbocycles. The summed E-state index contributed by atoms with van der Waals surface area (Å²) in [6.45, 7) is 4.14. The lowest BCUT2D eigenvalue weighted by atomic mass is 9.89. The molecule has 1 aliphatic rings. The topological polar surface area (TPSA) is 47.6 Å². The van der Waals surface area contributed by atoms with Gasteiger partial charge >= 0.3 is 0 Å². The van der Waals surface area contributed by atoms with Crippen molar-refractivity contribution < 1.29 is 14.3 Å². The highest BCUT2D eigenvalue weighted by atomic mass is 79.9. The van der Waals surface area contributed by atoms with Gasteiger partial charge in [0.05, 0.1) is 20.3 Å². The summed E-state index contributed by atoms with van der Waals surface area (Å²) in [6, 6.07) is 5.66. The van der Waals surface area contributed by atoms with E-state index >= 15 is 0 Å². The second-order valence-corrected chi connectivity index (χ2v) is 6.16. The molecule has 1 saturated heterocycles. The van der Waals surface area contributed by atoms with E-state index in [0.717, 1.165) is 15.8 Å². The third-order valence-electron chi connectivity index (χ3n) is 3.20. The standard InChI is InChI=1S/C15H18BrNO3/c1-15(9-20-10-15)8-17-14(18)6-3-11-7-12(16)4-5-13(11)19-2/h3-7H,8-10H2,1-2H3,(H,17,18)/b6-3+. The summed E-state index contributed by atoms with van der Waals surface area (Å²) in [5.74, 6) is 0.622. The van der Waals surface area contributed by atoms with Crippen molar-refractivity contribution in [2.45, 2.75) is 6.92 Å². The number of halogens is 1. The second kappa shape index (κ2) is 6.41. The molecule has 1 aromatic carbocycles. The Morgan fingerprint density at radius 1 is 1.55 bits per heavy atom. The van der Waals surface area contributed by atoms with E-state index in [9.17, 15) is 4.79 Å². The van der Waals surface area contributed by atoms with Crippen molar-refractivity contribution in [3.63, 3.8) is 0 Å². The minimum atomic E-state index is -0.111. The molecule has 1 N–H and O–H groups in total. The van der Waals surface area contributed by atoms with Crippen LogP contribution in [0.1, 0.15) is 12.5 Å². The molecule has 0 bridgehead atoms. The lowest BCUT2D eigenvalue weighted by molar-refractivity contribution is -0.122. The SMILES string of the molecule is COc1ccc(Br)cc1/C=C/C(=O)NCC1(C)COC1. The average molecular weight is 340 g/mol.